The second kappa shape index (κ2) is 7.02. The lowest BCUT2D eigenvalue weighted by Crippen LogP contribution is -2.33. The lowest BCUT2D eigenvalue weighted by atomic mass is 10.00. The van der Waals surface area contributed by atoms with Crippen molar-refractivity contribution in [1.82, 2.24) is 14.9 Å². The van der Waals surface area contributed by atoms with Crippen LogP contribution in [0.1, 0.15) is 77.4 Å². The Hall–Kier alpha value is -2.99. The molecule has 2 N–H and O–H groups in total. The summed E-state index contributed by atoms with van der Waals surface area (Å²) in [4.78, 5) is 24.7. The van der Waals surface area contributed by atoms with E-state index in [1.54, 1.807) is 0 Å². The summed E-state index contributed by atoms with van der Waals surface area (Å²) in [5.41, 5.74) is 11.9. The molecule has 0 radical (unpaired) electrons. The van der Waals surface area contributed by atoms with Gasteiger partial charge in [0.1, 0.15) is 5.82 Å². The van der Waals surface area contributed by atoms with E-state index in [1.807, 2.05) is 36.2 Å². The van der Waals surface area contributed by atoms with Crippen LogP contribution in [-0.2, 0) is 17.9 Å². The Bertz CT molecular complexity index is 1180. The van der Waals surface area contributed by atoms with Crippen LogP contribution in [0.2, 0.25) is 0 Å². The summed E-state index contributed by atoms with van der Waals surface area (Å²) in [6.07, 6.45) is 6.56. The first-order chi connectivity index (χ1) is 15.1. The van der Waals surface area contributed by atoms with Crippen molar-refractivity contribution < 1.29 is 9.53 Å². The number of nitrogens with two attached hydrogens (primary N) is 1. The Balaban J connectivity index is 1.31. The molecule has 0 spiro atoms. The van der Waals surface area contributed by atoms with Gasteiger partial charge in [-0.05, 0) is 73.9 Å². The molecule has 0 unspecified atom stereocenters. The Kier molecular flexibility index (Phi) is 4.25. The van der Waals surface area contributed by atoms with Gasteiger partial charge >= 0.3 is 0 Å². The number of rotatable bonds is 5. The SMILES string of the molecule is C[C@H]1OCc2c1c(N)nc1ccc(C(=O)N(Cc3ccc(C4CC4)cn3)C3CC3)cc21. The van der Waals surface area contributed by atoms with Gasteiger partial charge in [0.15, 0.2) is 0 Å². The van der Waals surface area contributed by atoms with Crippen LogP contribution in [0.3, 0.4) is 0 Å². The summed E-state index contributed by atoms with van der Waals surface area (Å²) in [5.74, 6) is 1.26. The molecule has 1 aromatic carbocycles. The van der Waals surface area contributed by atoms with E-state index in [4.69, 9.17) is 10.5 Å². The molecule has 0 bridgehead atoms. The highest BCUT2D eigenvalue weighted by molar-refractivity contribution is 5.99. The van der Waals surface area contributed by atoms with Crippen molar-refractivity contribution >= 4 is 22.6 Å². The molecular formula is C25H26N4O2. The normalized spacial score (nSPS) is 20.1. The molecule has 3 aromatic rings. The molecule has 3 heterocycles. The lowest BCUT2D eigenvalue weighted by molar-refractivity contribution is 0.0727. The lowest BCUT2D eigenvalue weighted by Gasteiger charge is -2.22. The van der Waals surface area contributed by atoms with Gasteiger partial charge in [-0.25, -0.2) is 4.98 Å². The molecule has 2 aliphatic carbocycles. The van der Waals surface area contributed by atoms with Crippen molar-refractivity contribution in [2.45, 2.75) is 63.8 Å². The number of anilines is 1. The quantitative estimate of drug-likeness (QED) is 0.665. The number of nitrogen functional groups attached to an aromatic ring is 1. The van der Waals surface area contributed by atoms with Crippen LogP contribution in [0.5, 0.6) is 0 Å². The van der Waals surface area contributed by atoms with Crippen LogP contribution in [0.15, 0.2) is 36.5 Å². The number of benzene rings is 1. The molecule has 6 heteroatoms. The van der Waals surface area contributed by atoms with Gasteiger partial charge in [0.25, 0.3) is 5.91 Å². The molecule has 3 aliphatic rings. The number of carbonyl (C=O) groups excluding carboxylic acids is 1. The summed E-state index contributed by atoms with van der Waals surface area (Å²) < 4.78 is 5.79. The topological polar surface area (TPSA) is 81.3 Å². The van der Waals surface area contributed by atoms with Gasteiger partial charge in [0.2, 0.25) is 0 Å². The minimum absolute atomic E-state index is 0.0509. The zero-order chi connectivity index (χ0) is 21.1. The first kappa shape index (κ1) is 18.8. The van der Waals surface area contributed by atoms with Crippen LogP contribution < -0.4 is 5.73 Å². The zero-order valence-electron chi connectivity index (χ0n) is 17.7. The van der Waals surface area contributed by atoms with Gasteiger partial charge in [-0.15, -0.1) is 0 Å². The number of aromatic nitrogens is 2. The number of amides is 1. The number of hydrogen-bond acceptors (Lipinski definition) is 5. The van der Waals surface area contributed by atoms with Gasteiger partial charge in [-0.2, -0.15) is 0 Å². The Morgan fingerprint density at radius 3 is 2.74 bits per heavy atom. The molecule has 158 valence electrons. The fourth-order valence-corrected chi connectivity index (χ4v) is 4.68. The fourth-order valence-electron chi connectivity index (χ4n) is 4.68. The molecule has 31 heavy (non-hydrogen) atoms. The van der Waals surface area contributed by atoms with Crippen LogP contribution in [0.25, 0.3) is 10.9 Å². The average Bonchev–Trinajstić information content (AvgIpc) is 3.70. The summed E-state index contributed by atoms with van der Waals surface area (Å²) in [6, 6.07) is 10.3. The number of ether oxygens (including phenoxy) is 1. The number of pyridine rings is 2. The monoisotopic (exact) mass is 414 g/mol. The molecule has 1 atom stereocenters. The molecule has 6 rings (SSSR count). The van der Waals surface area contributed by atoms with Crippen molar-refractivity contribution in [3.63, 3.8) is 0 Å². The smallest absolute Gasteiger partial charge is 0.254 e. The molecule has 1 amide bonds. The van der Waals surface area contributed by atoms with Crippen molar-refractivity contribution in [1.29, 1.82) is 0 Å². The van der Waals surface area contributed by atoms with Crippen LogP contribution in [0.4, 0.5) is 5.82 Å². The van der Waals surface area contributed by atoms with E-state index < -0.39 is 0 Å². The number of nitrogens with zero attached hydrogens (tertiary/aromatic N) is 3. The predicted molar refractivity (Wildman–Crippen MR) is 118 cm³/mol. The van der Waals surface area contributed by atoms with Gasteiger partial charge in [-0.1, -0.05) is 6.07 Å². The highest BCUT2D eigenvalue weighted by Crippen LogP contribution is 2.40. The van der Waals surface area contributed by atoms with E-state index in [9.17, 15) is 4.79 Å². The maximum absolute atomic E-state index is 13.5. The Morgan fingerprint density at radius 2 is 2.03 bits per heavy atom. The number of hydrogen-bond donors (Lipinski definition) is 1. The average molecular weight is 415 g/mol. The van der Waals surface area contributed by atoms with Crippen LogP contribution in [0, 0.1) is 0 Å². The minimum Gasteiger partial charge on any atom is -0.383 e. The van der Waals surface area contributed by atoms with Gasteiger partial charge < -0.3 is 15.4 Å². The first-order valence-corrected chi connectivity index (χ1v) is 11.2. The Labute approximate surface area is 181 Å². The van der Waals surface area contributed by atoms with Crippen molar-refractivity contribution in [3.05, 3.63) is 64.5 Å². The molecule has 1 aliphatic heterocycles. The minimum atomic E-state index is -0.0705. The van der Waals surface area contributed by atoms with Crippen molar-refractivity contribution in [2.24, 2.45) is 0 Å². The molecule has 2 aromatic heterocycles. The van der Waals surface area contributed by atoms with Crippen LogP contribution in [-0.4, -0.2) is 26.8 Å². The molecule has 0 saturated heterocycles. The number of fused-ring (bicyclic) bond motifs is 3. The first-order valence-electron chi connectivity index (χ1n) is 11.2. The van der Waals surface area contributed by atoms with E-state index in [0.717, 1.165) is 40.6 Å². The highest BCUT2D eigenvalue weighted by Gasteiger charge is 2.34. The maximum Gasteiger partial charge on any atom is 0.254 e. The maximum atomic E-state index is 13.5. The number of carbonyl (C=O) groups is 1. The van der Waals surface area contributed by atoms with Gasteiger partial charge in [0, 0.05) is 28.8 Å². The summed E-state index contributed by atoms with van der Waals surface area (Å²) in [7, 11) is 0. The largest absolute Gasteiger partial charge is 0.383 e. The van der Waals surface area contributed by atoms with Crippen molar-refractivity contribution in [2.75, 3.05) is 5.73 Å². The third-order valence-corrected chi connectivity index (χ3v) is 6.77. The standard InChI is InChI=1S/C25H26N4O2/c1-14-23-21(13-31-14)20-10-16(5-9-22(20)28-24(23)26)25(30)29(19-7-8-19)12-18-6-4-17(11-27-18)15-2-3-15/h4-6,9-11,14-15,19H,2-3,7-8,12-13H2,1H3,(H2,26,28)/t14-/m1/s1. The molecule has 6 nitrogen and oxygen atoms in total. The van der Waals surface area contributed by atoms with Crippen molar-refractivity contribution in [3.8, 4) is 0 Å². The fraction of sp³-hybridized carbons (Fsp3) is 0.400. The molecule has 2 saturated carbocycles. The summed E-state index contributed by atoms with van der Waals surface area (Å²) in [6.45, 7) is 3.03. The Morgan fingerprint density at radius 1 is 1.19 bits per heavy atom. The second-order valence-electron chi connectivity index (χ2n) is 9.10. The van der Waals surface area contributed by atoms with E-state index >= 15 is 0 Å². The van der Waals surface area contributed by atoms with Crippen LogP contribution >= 0.6 is 0 Å². The third-order valence-electron chi connectivity index (χ3n) is 6.77. The summed E-state index contributed by atoms with van der Waals surface area (Å²) >= 11 is 0. The third kappa shape index (κ3) is 3.35. The summed E-state index contributed by atoms with van der Waals surface area (Å²) in [5, 5.41) is 0.960. The van der Waals surface area contributed by atoms with E-state index in [1.165, 1.54) is 18.4 Å². The zero-order valence-corrected chi connectivity index (χ0v) is 17.7. The van der Waals surface area contributed by atoms with E-state index in [-0.39, 0.29) is 12.0 Å². The van der Waals surface area contributed by atoms with E-state index in [0.29, 0.717) is 36.5 Å². The predicted octanol–water partition coefficient (Wildman–Crippen LogP) is 4.49. The molecule has 2 fully saturated rings. The van der Waals surface area contributed by atoms with Gasteiger partial charge in [-0.3, -0.25) is 9.78 Å². The molecular weight excluding hydrogens is 388 g/mol. The van der Waals surface area contributed by atoms with E-state index in [2.05, 4.69) is 22.1 Å². The van der Waals surface area contributed by atoms with Gasteiger partial charge in [0.05, 0.1) is 30.5 Å². The highest BCUT2D eigenvalue weighted by atomic mass is 16.5. The second-order valence-corrected chi connectivity index (χ2v) is 9.10.